The monoisotopic (exact) mass is 256 g/mol. The normalized spacial score (nSPS) is 9.95. The molecule has 0 saturated carbocycles. The molecule has 19 heavy (non-hydrogen) atoms. The van der Waals surface area contributed by atoms with Gasteiger partial charge in [-0.05, 0) is 11.6 Å². The molecule has 0 aliphatic carbocycles. The number of para-hydroxylation sites is 1. The largest absolute Gasteiger partial charge is 0.506 e. The summed E-state index contributed by atoms with van der Waals surface area (Å²) in [6, 6.07) is 13.9. The van der Waals surface area contributed by atoms with Gasteiger partial charge in [0.2, 0.25) is 0 Å². The van der Waals surface area contributed by atoms with Crippen molar-refractivity contribution in [3.8, 4) is 16.9 Å². The first kappa shape index (κ1) is 12.8. The SMILES string of the molecule is CC(=O)OC(=O)c1cccc(-c2ccccc2)c1O. The molecule has 2 rings (SSSR count). The molecular formula is C15H12O4. The maximum Gasteiger partial charge on any atom is 0.349 e. The molecule has 96 valence electrons. The van der Waals surface area contributed by atoms with E-state index >= 15 is 0 Å². The number of ether oxygens (including phenoxy) is 1. The van der Waals surface area contributed by atoms with Gasteiger partial charge in [-0.15, -0.1) is 0 Å². The van der Waals surface area contributed by atoms with Crippen LogP contribution >= 0.6 is 0 Å². The second-order valence-electron chi connectivity index (χ2n) is 3.95. The van der Waals surface area contributed by atoms with E-state index in [0.29, 0.717) is 5.56 Å². The molecule has 0 aromatic heterocycles. The molecule has 2 aromatic rings. The first-order chi connectivity index (χ1) is 9.09. The summed E-state index contributed by atoms with van der Waals surface area (Å²) in [5.74, 6) is -1.77. The molecule has 0 amide bonds. The molecule has 0 radical (unpaired) electrons. The number of carbonyl (C=O) groups excluding carboxylic acids is 2. The van der Waals surface area contributed by atoms with Crippen molar-refractivity contribution in [2.24, 2.45) is 0 Å². The molecule has 2 aromatic carbocycles. The van der Waals surface area contributed by atoms with Crippen LogP contribution in [0.5, 0.6) is 5.75 Å². The Kier molecular flexibility index (Phi) is 3.61. The van der Waals surface area contributed by atoms with Gasteiger partial charge in [0, 0.05) is 12.5 Å². The molecule has 0 atom stereocenters. The van der Waals surface area contributed by atoms with Crippen LogP contribution in [-0.2, 0) is 9.53 Å². The van der Waals surface area contributed by atoms with Crippen LogP contribution in [-0.4, -0.2) is 17.0 Å². The molecule has 1 N–H and O–H groups in total. The van der Waals surface area contributed by atoms with Gasteiger partial charge in [0.1, 0.15) is 11.3 Å². The van der Waals surface area contributed by atoms with E-state index < -0.39 is 11.9 Å². The average molecular weight is 256 g/mol. The summed E-state index contributed by atoms with van der Waals surface area (Å²) in [6.45, 7) is 1.13. The third-order valence-corrected chi connectivity index (χ3v) is 2.58. The van der Waals surface area contributed by atoms with Crippen LogP contribution in [0.3, 0.4) is 0 Å². The van der Waals surface area contributed by atoms with Gasteiger partial charge in [0.25, 0.3) is 0 Å². The van der Waals surface area contributed by atoms with Crippen LogP contribution in [0.1, 0.15) is 17.3 Å². The Balaban J connectivity index is 2.44. The fourth-order valence-corrected chi connectivity index (χ4v) is 1.74. The van der Waals surface area contributed by atoms with Crippen molar-refractivity contribution in [1.29, 1.82) is 0 Å². The molecule has 0 saturated heterocycles. The zero-order valence-electron chi connectivity index (χ0n) is 10.3. The van der Waals surface area contributed by atoms with Crippen molar-refractivity contribution in [2.45, 2.75) is 6.92 Å². The highest BCUT2D eigenvalue weighted by Crippen LogP contribution is 2.32. The first-order valence-electron chi connectivity index (χ1n) is 5.69. The highest BCUT2D eigenvalue weighted by molar-refractivity contribution is 6.00. The molecule has 0 aliphatic rings. The predicted octanol–water partition coefficient (Wildman–Crippen LogP) is 2.76. The third-order valence-electron chi connectivity index (χ3n) is 2.58. The number of carbonyl (C=O) groups is 2. The van der Waals surface area contributed by atoms with Crippen LogP contribution in [0, 0.1) is 0 Å². The first-order valence-corrected chi connectivity index (χ1v) is 5.69. The summed E-state index contributed by atoms with van der Waals surface area (Å²) < 4.78 is 4.47. The molecule has 0 bridgehead atoms. The number of phenolic OH excluding ortho intramolecular Hbond substituents is 1. The van der Waals surface area contributed by atoms with E-state index in [2.05, 4.69) is 4.74 Å². The number of rotatable bonds is 2. The molecule has 0 fully saturated rings. The van der Waals surface area contributed by atoms with E-state index in [1.807, 2.05) is 30.3 Å². The van der Waals surface area contributed by atoms with E-state index in [0.717, 1.165) is 12.5 Å². The van der Waals surface area contributed by atoms with E-state index in [9.17, 15) is 14.7 Å². The highest BCUT2D eigenvalue weighted by Gasteiger charge is 2.17. The smallest absolute Gasteiger partial charge is 0.349 e. The molecule has 4 heteroatoms. The topological polar surface area (TPSA) is 63.6 Å². The summed E-state index contributed by atoms with van der Waals surface area (Å²) >= 11 is 0. The van der Waals surface area contributed by atoms with E-state index in [1.54, 1.807) is 12.1 Å². The summed E-state index contributed by atoms with van der Waals surface area (Å²) in [5.41, 5.74) is 1.26. The van der Waals surface area contributed by atoms with Gasteiger partial charge in [-0.2, -0.15) is 0 Å². The fourth-order valence-electron chi connectivity index (χ4n) is 1.74. The van der Waals surface area contributed by atoms with Crippen molar-refractivity contribution < 1.29 is 19.4 Å². The van der Waals surface area contributed by atoms with Crippen LogP contribution in [0.15, 0.2) is 48.5 Å². The van der Waals surface area contributed by atoms with Crippen LogP contribution in [0.4, 0.5) is 0 Å². The second kappa shape index (κ2) is 5.35. The van der Waals surface area contributed by atoms with Crippen LogP contribution < -0.4 is 0 Å². The zero-order valence-corrected chi connectivity index (χ0v) is 10.3. The lowest BCUT2D eigenvalue weighted by atomic mass is 10.0. The van der Waals surface area contributed by atoms with Crippen LogP contribution in [0.2, 0.25) is 0 Å². The van der Waals surface area contributed by atoms with Crippen molar-refractivity contribution in [2.75, 3.05) is 0 Å². The maximum absolute atomic E-state index is 11.7. The Morgan fingerprint density at radius 1 is 1.00 bits per heavy atom. The van der Waals surface area contributed by atoms with Gasteiger partial charge < -0.3 is 9.84 Å². The molecule has 0 heterocycles. The van der Waals surface area contributed by atoms with Gasteiger partial charge in [0.05, 0.1) is 0 Å². The number of aromatic hydroxyl groups is 1. The number of phenols is 1. The lowest BCUT2D eigenvalue weighted by Crippen LogP contribution is -2.09. The number of hydrogen-bond acceptors (Lipinski definition) is 4. The lowest BCUT2D eigenvalue weighted by Gasteiger charge is -2.08. The molecule has 0 spiro atoms. The van der Waals surface area contributed by atoms with Gasteiger partial charge >= 0.3 is 11.9 Å². The minimum absolute atomic E-state index is 0.0310. The lowest BCUT2D eigenvalue weighted by molar-refractivity contribution is -0.135. The van der Waals surface area contributed by atoms with Crippen molar-refractivity contribution in [1.82, 2.24) is 0 Å². The molecule has 0 aliphatic heterocycles. The quantitative estimate of drug-likeness (QED) is 0.663. The fraction of sp³-hybridized carbons (Fsp3) is 0.0667. The van der Waals surface area contributed by atoms with E-state index in [1.165, 1.54) is 6.07 Å². The summed E-state index contributed by atoms with van der Waals surface area (Å²) in [6.07, 6.45) is 0. The number of hydrogen-bond donors (Lipinski definition) is 1. The minimum atomic E-state index is -0.859. The van der Waals surface area contributed by atoms with Gasteiger partial charge in [0.15, 0.2) is 0 Å². The highest BCUT2D eigenvalue weighted by atomic mass is 16.6. The van der Waals surface area contributed by atoms with Crippen molar-refractivity contribution in [3.05, 3.63) is 54.1 Å². The van der Waals surface area contributed by atoms with E-state index in [4.69, 9.17) is 0 Å². The van der Waals surface area contributed by atoms with Gasteiger partial charge in [-0.25, -0.2) is 4.79 Å². The van der Waals surface area contributed by atoms with Gasteiger partial charge in [-0.3, -0.25) is 4.79 Å². The minimum Gasteiger partial charge on any atom is -0.506 e. The summed E-state index contributed by atoms with van der Waals surface area (Å²) in [5, 5.41) is 10.1. The maximum atomic E-state index is 11.7. The Morgan fingerprint density at radius 2 is 1.68 bits per heavy atom. The zero-order chi connectivity index (χ0) is 13.8. The predicted molar refractivity (Wildman–Crippen MR) is 69.6 cm³/mol. The Morgan fingerprint density at radius 3 is 2.32 bits per heavy atom. The van der Waals surface area contributed by atoms with E-state index in [-0.39, 0.29) is 11.3 Å². The molecule has 0 unspecified atom stereocenters. The summed E-state index contributed by atoms with van der Waals surface area (Å²) in [7, 11) is 0. The molecular weight excluding hydrogens is 244 g/mol. The number of benzene rings is 2. The van der Waals surface area contributed by atoms with Crippen molar-refractivity contribution >= 4 is 11.9 Å². The van der Waals surface area contributed by atoms with Crippen LogP contribution in [0.25, 0.3) is 11.1 Å². The van der Waals surface area contributed by atoms with Gasteiger partial charge in [-0.1, -0.05) is 42.5 Å². The molecule has 4 nitrogen and oxygen atoms in total. The number of esters is 2. The Bertz CT molecular complexity index is 617. The standard InChI is InChI=1S/C15H12O4/c1-10(16)19-15(18)13-9-5-8-12(14(13)17)11-6-3-2-4-7-11/h2-9,17H,1H3. The average Bonchev–Trinajstić information content (AvgIpc) is 2.39. The van der Waals surface area contributed by atoms with Crippen molar-refractivity contribution in [3.63, 3.8) is 0 Å². The second-order valence-corrected chi connectivity index (χ2v) is 3.95. The Hall–Kier alpha value is -2.62. The third kappa shape index (κ3) is 2.80. The summed E-state index contributed by atoms with van der Waals surface area (Å²) in [4.78, 5) is 22.4. The Labute approximate surface area is 110 Å².